The van der Waals surface area contributed by atoms with Gasteiger partial charge in [0.1, 0.15) is 6.33 Å². The summed E-state index contributed by atoms with van der Waals surface area (Å²) in [5, 5.41) is 12.5. The van der Waals surface area contributed by atoms with Crippen LogP contribution in [0.4, 0.5) is 11.6 Å². The van der Waals surface area contributed by atoms with Gasteiger partial charge in [-0.25, -0.2) is 10.1 Å². The number of nitrogens with zero attached hydrogens (tertiary/aromatic N) is 2. The molecule has 3 aromatic rings. The molecule has 0 bridgehead atoms. The molecule has 0 aliphatic carbocycles. The van der Waals surface area contributed by atoms with Crippen LogP contribution in [-0.4, -0.2) is 34.3 Å². The van der Waals surface area contributed by atoms with Crippen molar-refractivity contribution in [1.82, 2.24) is 15.2 Å². The highest BCUT2D eigenvalue weighted by Gasteiger charge is 2.14. The summed E-state index contributed by atoms with van der Waals surface area (Å²) in [7, 11) is 0. The van der Waals surface area contributed by atoms with Crippen LogP contribution in [0.3, 0.4) is 0 Å². The fourth-order valence-corrected chi connectivity index (χ4v) is 3.18. The van der Waals surface area contributed by atoms with E-state index in [0.29, 0.717) is 35.1 Å². The highest BCUT2D eigenvalue weighted by Crippen LogP contribution is 2.37. The van der Waals surface area contributed by atoms with Crippen LogP contribution >= 0.6 is 15.9 Å². The number of nitrogens with one attached hydrogen (secondary N) is 3. The van der Waals surface area contributed by atoms with Crippen LogP contribution in [0.1, 0.15) is 18.1 Å². The lowest BCUT2D eigenvalue weighted by Gasteiger charge is -2.15. The molecular formula is C20H22BrN5O3. The number of H-pyrrole nitrogens is 1. The van der Waals surface area contributed by atoms with Gasteiger partial charge in [0, 0.05) is 12.2 Å². The number of benzene rings is 2. The largest absolute Gasteiger partial charge is 0.490 e. The van der Waals surface area contributed by atoms with Crippen molar-refractivity contribution in [1.29, 1.82) is 0 Å². The van der Waals surface area contributed by atoms with Gasteiger partial charge < -0.3 is 20.1 Å². The molecule has 0 spiro atoms. The van der Waals surface area contributed by atoms with Crippen LogP contribution in [-0.2, 0) is 11.3 Å². The number of hydrogen-bond donors (Lipinski definition) is 3. The van der Waals surface area contributed by atoms with Crippen LogP contribution in [0.5, 0.6) is 11.5 Å². The van der Waals surface area contributed by atoms with Gasteiger partial charge >= 0.3 is 0 Å². The molecule has 1 heterocycles. The van der Waals surface area contributed by atoms with E-state index in [-0.39, 0.29) is 12.5 Å². The van der Waals surface area contributed by atoms with Crippen molar-refractivity contribution in [2.75, 3.05) is 23.8 Å². The number of hydrogen-bond acceptors (Lipinski definition) is 6. The van der Waals surface area contributed by atoms with Crippen molar-refractivity contribution in [2.45, 2.75) is 20.4 Å². The topological polar surface area (TPSA) is 101 Å². The lowest BCUT2D eigenvalue weighted by molar-refractivity contribution is -0.118. The van der Waals surface area contributed by atoms with E-state index < -0.39 is 0 Å². The zero-order valence-corrected chi connectivity index (χ0v) is 17.7. The fourth-order valence-electron chi connectivity index (χ4n) is 2.57. The van der Waals surface area contributed by atoms with E-state index in [1.165, 1.54) is 6.33 Å². The Bertz CT molecular complexity index is 946. The molecule has 0 unspecified atom stereocenters. The van der Waals surface area contributed by atoms with Crippen molar-refractivity contribution in [3.63, 3.8) is 0 Å². The molecule has 8 nitrogen and oxygen atoms in total. The molecule has 9 heteroatoms. The molecule has 0 aliphatic heterocycles. The number of rotatable bonds is 9. The third-order valence-corrected chi connectivity index (χ3v) is 4.52. The zero-order valence-electron chi connectivity index (χ0n) is 16.2. The van der Waals surface area contributed by atoms with Gasteiger partial charge in [-0.05, 0) is 59.6 Å². The van der Waals surface area contributed by atoms with E-state index in [1.807, 2.05) is 50.2 Å². The maximum absolute atomic E-state index is 12.2. The number of aromatic amines is 1. The Morgan fingerprint density at radius 3 is 2.69 bits per heavy atom. The molecule has 0 fully saturated rings. The Balaban J connectivity index is 1.65. The first-order valence-corrected chi connectivity index (χ1v) is 9.88. The summed E-state index contributed by atoms with van der Waals surface area (Å²) < 4.78 is 12.2. The Kier molecular flexibility index (Phi) is 7.07. The normalized spacial score (nSPS) is 10.4. The van der Waals surface area contributed by atoms with Crippen molar-refractivity contribution < 1.29 is 14.3 Å². The number of aryl methyl sites for hydroxylation is 1. The Hall–Kier alpha value is -3.07. The summed E-state index contributed by atoms with van der Waals surface area (Å²) in [6.45, 7) is 4.73. The number of halogens is 1. The van der Waals surface area contributed by atoms with E-state index in [1.54, 1.807) is 0 Å². The maximum Gasteiger partial charge on any atom is 0.262 e. The van der Waals surface area contributed by atoms with Crippen molar-refractivity contribution >= 4 is 33.5 Å². The second-order valence-electron chi connectivity index (χ2n) is 6.23. The van der Waals surface area contributed by atoms with Gasteiger partial charge in [0.25, 0.3) is 5.91 Å². The smallest absolute Gasteiger partial charge is 0.262 e. The first-order valence-electron chi connectivity index (χ1n) is 9.09. The highest BCUT2D eigenvalue weighted by molar-refractivity contribution is 9.10. The third-order valence-electron chi connectivity index (χ3n) is 3.93. The minimum atomic E-state index is -0.251. The molecule has 152 valence electrons. The summed E-state index contributed by atoms with van der Waals surface area (Å²) in [5.74, 6) is 1.36. The number of amides is 1. The predicted octanol–water partition coefficient (Wildman–Crippen LogP) is 3.90. The molecule has 0 radical (unpaired) electrons. The Morgan fingerprint density at radius 1 is 1.21 bits per heavy atom. The van der Waals surface area contributed by atoms with Crippen LogP contribution in [0.15, 0.2) is 47.2 Å². The summed E-state index contributed by atoms with van der Waals surface area (Å²) in [6, 6.07) is 11.3. The minimum Gasteiger partial charge on any atom is -0.490 e. The SMILES string of the molecule is CCOc1cc(CNc2ncn[nH]2)cc(Br)c1OCC(=O)Nc1ccc(C)cc1. The summed E-state index contributed by atoms with van der Waals surface area (Å²) in [5.41, 5.74) is 2.80. The van der Waals surface area contributed by atoms with Gasteiger partial charge in [-0.15, -0.1) is 0 Å². The number of aromatic nitrogens is 3. The molecule has 0 aliphatic rings. The molecule has 3 N–H and O–H groups in total. The second-order valence-corrected chi connectivity index (χ2v) is 7.08. The van der Waals surface area contributed by atoms with E-state index >= 15 is 0 Å². The lowest BCUT2D eigenvalue weighted by Crippen LogP contribution is -2.20. The number of ether oxygens (including phenoxy) is 2. The molecule has 0 atom stereocenters. The van der Waals surface area contributed by atoms with Crippen LogP contribution in [0, 0.1) is 6.92 Å². The monoisotopic (exact) mass is 459 g/mol. The first kappa shape index (κ1) is 20.7. The van der Waals surface area contributed by atoms with Gasteiger partial charge in [-0.3, -0.25) is 4.79 Å². The zero-order chi connectivity index (χ0) is 20.6. The molecule has 1 aromatic heterocycles. The summed E-state index contributed by atoms with van der Waals surface area (Å²) in [4.78, 5) is 16.3. The molecule has 2 aromatic carbocycles. The highest BCUT2D eigenvalue weighted by atomic mass is 79.9. The van der Waals surface area contributed by atoms with Crippen molar-refractivity contribution in [2.24, 2.45) is 0 Å². The van der Waals surface area contributed by atoms with Crippen LogP contribution in [0.2, 0.25) is 0 Å². The van der Waals surface area contributed by atoms with Crippen LogP contribution in [0.25, 0.3) is 0 Å². The van der Waals surface area contributed by atoms with Gasteiger partial charge in [-0.1, -0.05) is 17.7 Å². The molecule has 0 saturated heterocycles. The average molecular weight is 460 g/mol. The quantitative estimate of drug-likeness (QED) is 0.448. The molecular weight excluding hydrogens is 438 g/mol. The number of carbonyl (C=O) groups excluding carboxylic acids is 1. The standard InChI is InChI=1S/C20H22BrN5O3/c1-3-28-17-9-14(10-22-20-23-12-24-26-20)8-16(21)19(17)29-11-18(27)25-15-6-4-13(2)5-7-15/h4-9,12H,3,10-11H2,1-2H3,(H,25,27)(H2,22,23,24,26). The van der Waals surface area contributed by atoms with Crippen molar-refractivity contribution in [3.05, 3.63) is 58.3 Å². The van der Waals surface area contributed by atoms with Gasteiger partial charge in [0.2, 0.25) is 5.95 Å². The van der Waals surface area contributed by atoms with Crippen molar-refractivity contribution in [3.8, 4) is 11.5 Å². The fraction of sp³-hybridized carbons (Fsp3) is 0.250. The minimum absolute atomic E-state index is 0.137. The molecule has 3 rings (SSSR count). The van der Waals surface area contributed by atoms with Gasteiger partial charge in [0.15, 0.2) is 18.1 Å². The van der Waals surface area contributed by atoms with E-state index in [0.717, 1.165) is 16.8 Å². The van der Waals surface area contributed by atoms with E-state index in [9.17, 15) is 4.79 Å². The molecule has 29 heavy (non-hydrogen) atoms. The van der Waals surface area contributed by atoms with E-state index in [4.69, 9.17) is 9.47 Å². The van der Waals surface area contributed by atoms with Gasteiger partial charge in [-0.2, -0.15) is 5.10 Å². The summed E-state index contributed by atoms with van der Waals surface area (Å²) in [6.07, 6.45) is 1.43. The van der Waals surface area contributed by atoms with Gasteiger partial charge in [0.05, 0.1) is 11.1 Å². The maximum atomic E-state index is 12.2. The first-order chi connectivity index (χ1) is 14.0. The Morgan fingerprint density at radius 2 is 2.00 bits per heavy atom. The third kappa shape index (κ3) is 5.95. The lowest BCUT2D eigenvalue weighted by atomic mass is 10.2. The predicted molar refractivity (Wildman–Crippen MR) is 114 cm³/mol. The Labute approximate surface area is 177 Å². The molecule has 1 amide bonds. The second kappa shape index (κ2) is 9.92. The number of carbonyl (C=O) groups is 1. The van der Waals surface area contributed by atoms with Crippen LogP contribution < -0.4 is 20.1 Å². The van der Waals surface area contributed by atoms with E-state index in [2.05, 4.69) is 41.7 Å². The number of anilines is 2. The average Bonchev–Trinajstić information content (AvgIpc) is 3.21. The molecule has 0 saturated carbocycles. The summed E-state index contributed by atoms with van der Waals surface area (Å²) >= 11 is 3.51.